The number of pyridine rings is 2. The number of hydrogen-bond donors (Lipinski definition) is 2. The van der Waals surface area contributed by atoms with E-state index in [2.05, 4.69) is 40.5 Å². The first-order chi connectivity index (χ1) is 18.6. The molecule has 1 fully saturated rings. The van der Waals surface area contributed by atoms with E-state index in [0.717, 1.165) is 18.5 Å². The average Bonchev–Trinajstić information content (AvgIpc) is 2.92. The normalized spacial score (nSPS) is 15.9. The number of amides is 3. The number of rotatable bonds is 8. The van der Waals surface area contributed by atoms with Gasteiger partial charge in [-0.3, -0.25) is 24.7 Å². The van der Waals surface area contributed by atoms with Gasteiger partial charge in [-0.25, -0.2) is 14.8 Å². The maximum Gasteiger partial charge on any atom is 0.328 e. The quantitative estimate of drug-likeness (QED) is 0.476. The fourth-order valence-electron chi connectivity index (χ4n) is 4.50. The smallest absolute Gasteiger partial charge is 0.328 e. The van der Waals surface area contributed by atoms with E-state index in [-0.39, 0.29) is 16.3 Å². The van der Waals surface area contributed by atoms with Gasteiger partial charge in [0.05, 0.1) is 17.8 Å². The van der Waals surface area contributed by atoms with Crippen LogP contribution in [0.2, 0.25) is 0 Å². The van der Waals surface area contributed by atoms with Gasteiger partial charge in [-0.15, -0.1) is 0 Å². The Bertz CT molecular complexity index is 1310. The van der Waals surface area contributed by atoms with E-state index in [0.29, 0.717) is 73.9 Å². The van der Waals surface area contributed by atoms with Crippen LogP contribution in [0.15, 0.2) is 18.3 Å². The molecule has 1 saturated heterocycles. The van der Waals surface area contributed by atoms with Crippen molar-refractivity contribution in [2.24, 2.45) is 0 Å². The van der Waals surface area contributed by atoms with Crippen molar-refractivity contribution in [2.75, 3.05) is 61.6 Å². The van der Waals surface area contributed by atoms with Crippen molar-refractivity contribution in [3.05, 3.63) is 40.7 Å². The van der Waals surface area contributed by atoms with Crippen LogP contribution in [-0.2, 0) is 17.8 Å². The first-order valence-electron chi connectivity index (χ1n) is 12.9. The van der Waals surface area contributed by atoms with Crippen LogP contribution in [0, 0.1) is 11.3 Å². The molecule has 2 aromatic heterocycles. The van der Waals surface area contributed by atoms with Crippen LogP contribution in [-0.4, -0.2) is 88.8 Å². The summed E-state index contributed by atoms with van der Waals surface area (Å²) in [6.45, 7) is 7.27. The molecule has 0 unspecified atom stereocenters. The van der Waals surface area contributed by atoms with Gasteiger partial charge >= 0.3 is 6.03 Å². The summed E-state index contributed by atoms with van der Waals surface area (Å²) in [7, 11) is 1.91. The van der Waals surface area contributed by atoms with E-state index in [1.54, 1.807) is 22.7 Å². The van der Waals surface area contributed by atoms with E-state index in [4.69, 9.17) is 0 Å². The molecule has 12 heteroatoms. The average molecular weight is 551 g/mol. The molecule has 2 aromatic rings. The maximum absolute atomic E-state index is 13.3. The van der Waals surface area contributed by atoms with Gasteiger partial charge in [0.2, 0.25) is 5.91 Å². The molecule has 0 aromatic carbocycles. The standard InChI is InChI=1S/C27H34N8O3S/c1-27(2,39-4)17-30-21-11-23(29-13-20(21)12-28)32-26(38)35-7-5-6-18-10-19(22(16-36)31-25(18)35)14-34-9-8-33(3)15-24(34)37/h10-11,13,16H,5-9,14-15,17H2,1-4H3,(H2,29,30,32,38). The van der Waals surface area contributed by atoms with Gasteiger partial charge in [-0.05, 0) is 51.6 Å². The van der Waals surface area contributed by atoms with Gasteiger partial charge in [0, 0.05) is 55.3 Å². The lowest BCUT2D eigenvalue weighted by Crippen LogP contribution is -2.48. The summed E-state index contributed by atoms with van der Waals surface area (Å²) < 4.78 is -0.0463. The number of piperazine rings is 1. The van der Waals surface area contributed by atoms with Gasteiger partial charge in [0.15, 0.2) is 6.29 Å². The van der Waals surface area contributed by atoms with Crippen molar-refractivity contribution in [1.82, 2.24) is 19.8 Å². The largest absolute Gasteiger partial charge is 0.382 e. The Kier molecular flexibility index (Phi) is 8.72. The van der Waals surface area contributed by atoms with Gasteiger partial charge in [-0.1, -0.05) is 0 Å². The third-order valence-corrected chi connectivity index (χ3v) is 8.27. The maximum atomic E-state index is 13.3. The molecule has 0 aliphatic carbocycles. The van der Waals surface area contributed by atoms with Crippen LogP contribution in [0.25, 0.3) is 0 Å². The molecule has 0 radical (unpaired) electrons. The number of aryl methyl sites for hydroxylation is 1. The number of thioether (sulfide) groups is 1. The zero-order valence-corrected chi connectivity index (χ0v) is 23.6. The summed E-state index contributed by atoms with van der Waals surface area (Å²) in [6, 6.07) is 5.26. The Hall–Kier alpha value is -3.69. The highest BCUT2D eigenvalue weighted by molar-refractivity contribution is 7.99. The lowest BCUT2D eigenvalue weighted by Gasteiger charge is -2.33. The second kappa shape index (κ2) is 12.0. The van der Waals surface area contributed by atoms with E-state index < -0.39 is 6.03 Å². The highest BCUT2D eigenvalue weighted by atomic mass is 32.2. The third kappa shape index (κ3) is 6.66. The number of nitriles is 1. The SMILES string of the molecule is CSC(C)(C)CNc1cc(NC(=O)N2CCCc3cc(CN4CCN(C)CC4=O)c(C=O)nc32)ncc1C#N. The van der Waals surface area contributed by atoms with Crippen LogP contribution < -0.4 is 15.5 Å². The van der Waals surface area contributed by atoms with Crippen molar-refractivity contribution >= 4 is 47.3 Å². The molecule has 0 spiro atoms. The molecular weight excluding hydrogens is 516 g/mol. The molecule has 0 saturated carbocycles. The number of aldehydes is 1. The van der Waals surface area contributed by atoms with E-state index >= 15 is 0 Å². The Balaban J connectivity index is 1.53. The number of fused-ring (bicyclic) bond motifs is 1. The number of aromatic nitrogens is 2. The first-order valence-corrected chi connectivity index (χ1v) is 14.1. The Labute approximate surface area is 232 Å². The van der Waals surface area contributed by atoms with Crippen molar-refractivity contribution in [1.29, 1.82) is 5.26 Å². The summed E-state index contributed by atoms with van der Waals surface area (Å²) in [5, 5.41) is 15.6. The Morgan fingerprint density at radius 3 is 2.77 bits per heavy atom. The summed E-state index contributed by atoms with van der Waals surface area (Å²) >= 11 is 1.71. The number of urea groups is 1. The molecule has 206 valence electrons. The molecule has 2 aliphatic heterocycles. The predicted octanol–water partition coefficient (Wildman–Crippen LogP) is 2.97. The number of nitrogens with one attached hydrogen (secondary N) is 2. The van der Waals surface area contributed by atoms with Gasteiger partial charge in [0.1, 0.15) is 23.4 Å². The predicted molar refractivity (Wildman–Crippen MR) is 152 cm³/mol. The molecule has 39 heavy (non-hydrogen) atoms. The molecule has 2 N–H and O–H groups in total. The topological polar surface area (TPSA) is 135 Å². The van der Waals surface area contributed by atoms with Gasteiger partial charge in [-0.2, -0.15) is 17.0 Å². The van der Waals surface area contributed by atoms with Crippen molar-refractivity contribution in [2.45, 2.75) is 38.0 Å². The minimum atomic E-state index is -0.421. The number of nitrogens with zero attached hydrogens (tertiary/aromatic N) is 6. The lowest BCUT2D eigenvalue weighted by molar-refractivity contribution is -0.136. The van der Waals surface area contributed by atoms with E-state index in [9.17, 15) is 19.6 Å². The molecule has 0 atom stereocenters. The van der Waals surface area contributed by atoms with Crippen LogP contribution >= 0.6 is 11.8 Å². The second-order valence-electron chi connectivity index (χ2n) is 10.4. The number of carbonyl (C=O) groups excluding carboxylic acids is 3. The van der Waals surface area contributed by atoms with E-state index in [1.807, 2.05) is 24.3 Å². The van der Waals surface area contributed by atoms with Crippen LogP contribution in [0.3, 0.4) is 0 Å². The summed E-state index contributed by atoms with van der Waals surface area (Å²) in [5.74, 6) is 0.750. The van der Waals surface area contributed by atoms with Crippen LogP contribution in [0.5, 0.6) is 0 Å². The molecule has 4 rings (SSSR count). The number of anilines is 3. The van der Waals surface area contributed by atoms with Crippen LogP contribution in [0.4, 0.5) is 22.1 Å². The minimum Gasteiger partial charge on any atom is -0.382 e. The summed E-state index contributed by atoms with van der Waals surface area (Å²) in [5.41, 5.74) is 2.74. The fraction of sp³-hybridized carbons (Fsp3) is 0.481. The zero-order valence-electron chi connectivity index (χ0n) is 22.8. The van der Waals surface area contributed by atoms with Gasteiger partial charge in [0.25, 0.3) is 0 Å². The molecular formula is C27H34N8O3S. The fourth-order valence-corrected chi connectivity index (χ4v) is 4.72. The number of hydrogen-bond acceptors (Lipinski definition) is 9. The van der Waals surface area contributed by atoms with Crippen molar-refractivity contribution in [3.63, 3.8) is 0 Å². The lowest BCUT2D eigenvalue weighted by atomic mass is 10.0. The van der Waals surface area contributed by atoms with Crippen LogP contribution in [0.1, 0.15) is 47.4 Å². The summed E-state index contributed by atoms with van der Waals surface area (Å²) in [4.78, 5) is 51.8. The van der Waals surface area contributed by atoms with Crippen molar-refractivity contribution in [3.8, 4) is 6.07 Å². The third-order valence-electron chi connectivity index (χ3n) is 7.02. The second-order valence-corrected chi connectivity index (χ2v) is 11.9. The molecule has 4 heterocycles. The van der Waals surface area contributed by atoms with Crippen molar-refractivity contribution < 1.29 is 14.4 Å². The van der Waals surface area contributed by atoms with E-state index in [1.165, 1.54) is 11.1 Å². The molecule has 11 nitrogen and oxygen atoms in total. The number of carbonyl (C=O) groups is 3. The summed E-state index contributed by atoms with van der Waals surface area (Å²) in [6.07, 6.45) is 5.58. The van der Waals surface area contributed by atoms with Gasteiger partial charge < -0.3 is 10.2 Å². The Morgan fingerprint density at radius 1 is 1.28 bits per heavy atom. The monoisotopic (exact) mass is 550 g/mol. The highest BCUT2D eigenvalue weighted by Crippen LogP contribution is 2.29. The molecule has 0 bridgehead atoms. The molecule has 3 amide bonds. The highest BCUT2D eigenvalue weighted by Gasteiger charge is 2.28. The zero-order chi connectivity index (χ0) is 28.2. The first kappa shape index (κ1) is 28.3. The Morgan fingerprint density at radius 2 is 2.08 bits per heavy atom. The number of likely N-dealkylation sites (N-methyl/N-ethyl adjacent to an activating group) is 1. The minimum absolute atomic E-state index is 0.0140. The molecule has 2 aliphatic rings.